The predicted molar refractivity (Wildman–Crippen MR) is 152 cm³/mol. The van der Waals surface area contributed by atoms with E-state index in [-0.39, 0.29) is 12.0 Å². The topological polar surface area (TPSA) is 125 Å². The molecule has 0 amide bonds. The van der Waals surface area contributed by atoms with Crippen LogP contribution in [0, 0.1) is 25.7 Å². The van der Waals surface area contributed by atoms with Crippen LogP contribution in [0.2, 0.25) is 0 Å². The summed E-state index contributed by atoms with van der Waals surface area (Å²) in [5, 5.41) is 29.1. The highest BCUT2D eigenvalue weighted by molar-refractivity contribution is 7.21. The lowest BCUT2D eigenvalue weighted by molar-refractivity contribution is -0.0205. The summed E-state index contributed by atoms with van der Waals surface area (Å²) in [4.78, 5) is 19.0. The number of fused-ring (bicyclic) bond motifs is 1. The van der Waals surface area contributed by atoms with Crippen LogP contribution >= 0.6 is 11.3 Å². The first-order valence-electron chi connectivity index (χ1n) is 13.7. The molecular weight excluding hydrogens is 500 g/mol. The number of anilines is 2. The van der Waals surface area contributed by atoms with Gasteiger partial charge < -0.3 is 25.6 Å². The standard InChI is InChI=1S/C28H40N6O3S/c1-6-37-19-9-18(10-19)14-30-27-31-15(2)23(26-33-24-16(3)29-8-7-22(24)38-26)25(34-27)32-20-11-17(12-21(20)35)13-28(4,5)36/h7-8,17-21,35-36H,6,9-14H2,1-5H3,(H2,30,31,32,34)/t17-,18-,19-,20+,21+/m0/s1. The molecule has 4 N–H and O–H groups in total. The van der Waals surface area contributed by atoms with E-state index in [2.05, 4.69) is 15.6 Å². The number of thiazole rings is 1. The lowest BCUT2D eigenvalue weighted by Gasteiger charge is -2.35. The van der Waals surface area contributed by atoms with Crippen LogP contribution < -0.4 is 10.6 Å². The molecule has 0 aliphatic heterocycles. The van der Waals surface area contributed by atoms with Gasteiger partial charge in [0.05, 0.1) is 45.5 Å². The highest BCUT2D eigenvalue weighted by atomic mass is 32.1. The number of hydrogen-bond acceptors (Lipinski definition) is 10. The van der Waals surface area contributed by atoms with Crippen molar-refractivity contribution in [1.82, 2.24) is 19.9 Å². The number of nitrogens with one attached hydrogen (secondary N) is 2. The Balaban J connectivity index is 1.41. The molecule has 0 saturated heterocycles. The number of aryl methyl sites for hydroxylation is 2. The Morgan fingerprint density at radius 3 is 2.58 bits per heavy atom. The van der Waals surface area contributed by atoms with E-state index >= 15 is 0 Å². The minimum absolute atomic E-state index is 0.167. The molecule has 5 rings (SSSR count). The highest BCUT2D eigenvalue weighted by Gasteiger charge is 2.36. The third-order valence-electron chi connectivity index (χ3n) is 7.67. The monoisotopic (exact) mass is 540 g/mol. The molecule has 0 bridgehead atoms. The molecule has 3 aromatic rings. The summed E-state index contributed by atoms with van der Waals surface area (Å²) in [6.07, 6.45) is 5.84. The van der Waals surface area contributed by atoms with Crippen molar-refractivity contribution >= 4 is 33.3 Å². The number of hydrogen-bond donors (Lipinski definition) is 4. The first-order chi connectivity index (χ1) is 18.1. The highest BCUT2D eigenvalue weighted by Crippen LogP contribution is 2.39. The first kappa shape index (κ1) is 27.2. The number of pyridine rings is 1. The second-order valence-corrected chi connectivity index (χ2v) is 12.6. The molecule has 0 aromatic carbocycles. The molecule has 9 nitrogen and oxygen atoms in total. The zero-order valence-corrected chi connectivity index (χ0v) is 23.8. The third-order valence-corrected chi connectivity index (χ3v) is 8.71. The fourth-order valence-corrected chi connectivity index (χ4v) is 6.98. The molecule has 3 aromatic heterocycles. The Labute approximate surface area is 228 Å². The van der Waals surface area contributed by atoms with Gasteiger partial charge in [-0.25, -0.2) is 9.97 Å². The Morgan fingerprint density at radius 1 is 1.08 bits per heavy atom. The van der Waals surface area contributed by atoms with E-state index in [0.29, 0.717) is 36.6 Å². The minimum Gasteiger partial charge on any atom is -0.391 e. The van der Waals surface area contributed by atoms with Crippen molar-refractivity contribution in [1.29, 1.82) is 0 Å². The molecule has 2 aliphatic rings. The fraction of sp³-hybridized carbons (Fsp3) is 0.643. The number of nitrogens with zero attached hydrogens (tertiary/aromatic N) is 4. The van der Waals surface area contributed by atoms with Crippen LogP contribution in [0.4, 0.5) is 11.8 Å². The van der Waals surface area contributed by atoms with Gasteiger partial charge in [0, 0.05) is 19.3 Å². The van der Waals surface area contributed by atoms with Crippen molar-refractivity contribution in [3.63, 3.8) is 0 Å². The van der Waals surface area contributed by atoms with E-state index in [0.717, 1.165) is 64.6 Å². The Bertz CT molecular complexity index is 1270. The van der Waals surface area contributed by atoms with Gasteiger partial charge in [0.25, 0.3) is 0 Å². The van der Waals surface area contributed by atoms with Crippen molar-refractivity contribution in [3.05, 3.63) is 23.7 Å². The van der Waals surface area contributed by atoms with Crippen molar-refractivity contribution in [2.45, 2.75) is 90.6 Å². The average molecular weight is 541 g/mol. The Morgan fingerprint density at radius 2 is 1.87 bits per heavy atom. The van der Waals surface area contributed by atoms with E-state index in [1.165, 1.54) is 0 Å². The third kappa shape index (κ3) is 6.09. The number of aliphatic hydroxyl groups is 2. The molecule has 2 aliphatic carbocycles. The van der Waals surface area contributed by atoms with Crippen LogP contribution in [0.5, 0.6) is 0 Å². The van der Waals surface area contributed by atoms with Gasteiger partial charge in [0.1, 0.15) is 16.3 Å². The van der Waals surface area contributed by atoms with Crippen LogP contribution in [0.15, 0.2) is 12.3 Å². The number of rotatable bonds is 10. The van der Waals surface area contributed by atoms with Crippen LogP contribution in [-0.2, 0) is 4.74 Å². The minimum atomic E-state index is -0.761. The maximum Gasteiger partial charge on any atom is 0.224 e. The molecule has 38 heavy (non-hydrogen) atoms. The van der Waals surface area contributed by atoms with Gasteiger partial charge in [-0.2, -0.15) is 4.98 Å². The molecule has 2 fully saturated rings. The van der Waals surface area contributed by atoms with Crippen LogP contribution in [0.1, 0.15) is 64.3 Å². The quantitative estimate of drug-likeness (QED) is 0.289. The lowest BCUT2D eigenvalue weighted by Crippen LogP contribution is -2.35. The smallest absolute Gasteiger partial charge is 0.224 e. The normalized spacial score (nSPS) is 25.5. The zero-order chi connectivity index (χ0) is 27.0. The van der Waals surface area contributed by atoms with Crippen LogP contribution in [0.25, 0.3) is 20.8 Å². The molecular formula is C28H40N6O3S. The second-order valence-electron chi connectivity index (χ2n) is 11.6. The summed E-state index contributed by atoms with van der Waals surface area (Å²) in [6, 6.07) is 1.82. The SMILES string of the molecule is CCO[C@H]1C[C@H](CNc2nc(C)c(-c3nc4c(C)nccc4s3)c(N[C@@H]3C[C@H](CC(C)(C)O)C[C@H]3O)n2)C1. The molecule has 10 heteroatoms. The van der Waals surface area contributed by atoms with Gasteiger partial charge in [-0.3, -0.25) is 4.98 Å². The van der Waals surface area contributed by atoms with Crippen LogP contribution in [-0.4, -0.2) is 67.2 Å². The molecule has 0 unspecified atom stereocenters. The van der Waals surface area contributed by atoms with Crippen molar-refractivity contribution in [3.8, 4) is 10.6 Å². The summed E-state index contributed by atoms with van der Waals surface area (Å²) in [7, 11) is 0. The molecule has 0 radical (unpaired) electrons. The van der Waals surface area contributed by atoms with E-state index in [4.69, 9.17) is 19.7 Å². The van der Waals surface area contributed by atoms with Gasteiger partial charge >= 0.3 is 0 Å². The van der Waals surface area contributed by atoms with E-state index in [9.17, 15) is 10.2 Å². The van der Waals surface area contributed by atoms with Crippen molar-refractivity contribution < 1.29 is 14.9 Å². The van der Waals surface area contributed by atoms with Gasteiger partial charge in [-0.05, 0) is 84.6 Å². The zero-order valence-electron chi connectivity index (χ0n) is 23.0. The summed E-state index contributed by atoms with van der Waals surface area (Å²) >= 11 is 1.60. The number of aromatic nitrogens is 4. The Kier molecular flexibility index (Phi) is 7.86. The molecule has 2 saturated carbocycles. The van der Waals surface area contributed by atoms with Gasteiger partial charge in [0.15, 0.2) is 0 Å². The van der Waals surface area contributed by atoms with Gasteiger partial charge in [-0.1, -0.05) is 0 Å². The predicted octanol–water partition coefficient (Wildman–Crippen LogP) is 4.70. The van der Waals surface area contributed by atoms with Crippen molar-refractivity contribution in [2.24, 2.45) is 11.8 Å². The fourth-order valence-electron chi connectivity index (χ4n) is 5.87. The number of ether oxygens (including phenoxy) is 1. The summed E-state index contributed by atoms with van der Waals surface area (Å²) in [5.41, 5.74) is 2.70. The number of aliphatic hydroxyl groups excluding tert-OH is 1. The van der Waals surface area contributed by atoms with Gasteiger partial charge in [-0.15, -0.1) is 11.3 Å². The van der Waals surface area contributed by atoms with E-state index in [1.54, 1.807) is 11.3 Å². The summed E-state index contributed by atoms with van der Waals surface area (Å²) < 4.78 is 6.77. The van der Waals surface area contributed by atoms with Crippen molar-refractivity contribution in [2.75, 3.05) is 23.8 Å². The second kappa shape index (κ2) is 11.0. The maximum absolute atomic E-state index is 10.9. The van der Waals surface area contributed by atoms with E-state index in [1.807, 2.05) is 46.9 Å². The largest absolute Gasteiger partial charge is 0.391 e. The Hall–Kier alpha value is -2.40. The molecule has 3 heterocycles. The lowest BCUT2D eigenvalue weighted by atomic mass is 9.82. The summed E-state index contributed by atoms with van der Waals surface area (Å²) in [6.45, 7) is 11.2. The maximum atomic E-state index is 10.9. The molecule has 3 atom stereocenters. The molecule has 0 spiro atoms. The van der Waals surface area contributed by atoms with E-state index < -0.39 is 11.7 Å². The first-order valence-corrected chi connectivity index (χ1v) is 14.5. The molecule has 206 valence electrons. The van der Waals surface area contributed by atoms with Crippen LogP contribution in [0.3, 0.4) is 0 Å². The van der Waals surface area contributed by atoms with Gasteiger partial charge in [0.2, 0.25) is 5.95 Å². The average Bonchev–Trinajstić information content (AvgIpc) is 3.37. The summed E-state index contributed by atoms with van der Waals surface area (Å²) in [5.74, 6) is 2.04.